The fourth-order valence-corrected chi connectivity index (χ4v) is 5.87. The number of carbonyl (C=O) groups excluding carboxylic acids is 3. The summed E-state index contributed by atoms with van der Waals surface area (Å²) in [6.45, 7) is 2.94. The first-order valence-corrected chi connectivity index (χ1v) is 14.2. The van der Waals surface area contributed by atoms with Crippen LogP contribution in [0.15, 0.2) is 54.6 Å². The Balaban J connectivity index is 1.36. The highest BCUT2D eigenvalue weighted by molar-refractivity contribution is 5.98. The molecule has 2 unspecified atom stereocenters. The standard InChI is InChI=1S/C31H40N4O3/c1-21-7-9-23(10-8-21)31(38)35-20-27(19-28(35)29(36)33-26-15-13-25(32)14-16-26)34(30(37)24-11-12-24)18-17-22-5-3-2-4-6-22/h2-10,24-28H,11-20,32H2,1H3,(H,33,36). The summed E-state index contributed by atoms with van der Waals surface area (Å²) in [5.41, 5.74) is 8.89. The highest BCUT2D eigenvalue weighted by atomic mass is 16.2. The van der Waals surface area contributed by atoms with Crippen molar-refractivity contribution in [1.82, 2.24) is 15.1 Å². The van der Waals surface area contributed by atoms with E-state index in [1.165, 1.54) is 5.56 Å². The largest absolute Gasteiger partial charge is 0.352 e. The average molecular weight is 517 g/mol. The van der Waals surface area contributed by atoms with Crippen LogP contribution in [0.5, 0.6) is 0 Å². The molecule has 0 bridgehead atoms. The zero-order valence-electron chi connectivity index (χ0n) is 22.4. The summed E-state index contributed by atoms with van der Waals surface area (Å²) in [5.74, 6) is -0.0298. The molecule has 3 N–H and O–H groups in total. The van der Waals surface area contributed by atoms with Crippen LogP contribution in [0, 0.1) is 12.8 Å². The van der Waals surface area contributed by atoms with Crippen molar-refractivity contribution >= 4 is 17.7 Å². The smallest absolute Gasteiger partial charge is 0.254 e. The molecular formula is C31H40N4O3. The van der Waals surface area contributed by atoms with Crippen molar-refractivity contribution in [1.29, 1.82) is 0 Å². The number of carbonyl (C=O) groups is 3. The Morgan fingerprint density at radius 3 is 2.29 bits per heavy atom. The van der Waals surface area contributed by atoms with E-state index >= 15 is 0 Å². The normalized spacial score (nSPS) is 25.2. The minimum absolute atomic E-state index is 0.0753. The van der Waals surface area contributed by atoms with Crippen molar-refractivity contribution in [2.75, 3.05) is 13.1 Å². The van der Waals surface area contributed by atoms with Crippen molar-refractivity contribution in [3.63, 3.8) is 0 Å². The minimum atomic E-state index is -0.601. The van der Waals surface area contributed by atoms with Crippen LogP contribution < -0.4 is 11.1 Å². The predicted octanol–water partition coefficient (Wildman–Crippen LogP) is 3.45. The van der Waals surface area contributed by atoms with Crippen LogP contribution in [0.3, 0.4) is 0 Å². The van der Waals surface area contributed by atoms with E-state index in [9.17, 15) is 14.4 Å². The van der Waals surface area contributed by atoms with Crippen molar-refractivity contribution in [3.05, 3.63) is 71.3 Å². The van der Waals surface area contributed by atoms with E-state index in [2.05, 4.69) is 17.4 Å². The van der Waals surface area contributed by atoms with Crippen LogP contribution in [0.2, 0.25) is 0 Å². The molecule has 38 heavy (non-hydrogen) atoms. The Morgan fingerprint density at radius 1 is 0.947 bits per heavy atom. The molecule has 2 aromatic rings. The second-order valence-electron chi connectivity index (χ2n) is 11.4. The zero-order valence-corrected chi connectivity index (χ0v) is 22.4. The molecule has 0 aromatic heterocycles. The molecule has 2 aromatic carbocycles. The van der Waals surface area contributed by atoms with Crippen molar-refractivity contribution in [3.8, 4) is 0 Å². The second kappa shape index (κ2) is 11.7. The number of nitrogens with one attached hydrogen (secondary N) is 1. The van der Waals surface area contributed by atoms with Crippen LogP contribution in [-0.4, -0.2) is 64.8 Å². The van der Waals surface area contributed by atoms with Crippen LogP contribution in [0.1, 0.15) is 66.4 Å². The number of benzene rings is 2. The lowest BCUT2D eigenvalue weighted by atomic mass is 9.91. The van der Waals surface area contributed by atoms with Crippen molar-refractivity contribution in [2.45, 2.75) is 82.5 Å². The van der Waals surface area contributed by atoms with Gasteiger partial charge in [0.25, 0.3) is 5.91 Å². The van der Waals surface area contributed by atoms with E-state index in [0.717, 1.165) is 50.5 Å². The van der Waals surface area contributed by atoms with E-state index in [-0.39, 0.29) is 41.8 Å². The summed E-state index contributed by atoms with van der Waals surface area (Å²) >= 11 is 0. The Morgan fingerprint density at radius 2 is 1.63 bits per heavy atom. The lowest BCUT2D eigenvalue weighted by Crippen LogP contribution is -2.50. The molecule has 0 spiro atoms. The third kappa shape index (κ3) is 6.26. The second-order valence-corrected chi connectivity index (χ2v) is 11.4. The quantitative estimate of drug-likeness (QED) is 0.562. The summed E-state index contributed by atoms with van der Waals surface area (Å²) in [4.78, 5) is 44.4. The topological polar surface area (TPSA) is 95.7 Å². The van der Waals surface area contributed by atoms with E-state index in [1.807, 2.05) is 54.3 Å². The van der Waals surface area contributed by atoms with Gasteiger partial charge in [0.1, 0.15) is 6.04 Å². The van der Waals surface area contributed by atoms with Crippen LogP contribution in [0.25, 0.3) is 0 Å². The van der Waals surface area contributed by atoms with Crippen molar-refractivity contribution in [2.24, 2.45) is 11.7 Å². The van der Waals surface area contributed by atoms with E-state index in [4.69, 9.17) is 5.73 Å². The Kier molecular flexibility index (Phi) is 8.12. The molecule has 5 rings (SSSR count). The molecule has 1 heterocycles. The highest BCUT2D eigenvalue weighted by Gasteiger charge is 2.45. The molecule has 7 nitrogen and oxygen atoms in total. The van der Waals surface area contributed by atoms with E-state index < -0.39 is 6.04 Å². The molecule has 2 saturated carbocycles. The summed E-state index contributed by atoms with van der Waals surface area (Å²) in [7, 11) is 0. The number of hydrogen-bond donors (Lipinski definition) is 2. The molecule has 2 aliphatic carbocycles. The van der Waals surface area contributed by atoms with Gasteiger partial charge in [0.2, 0.25) is 11.8 Å². The lowest BCUT2D eigenvalue weighted by Gasteiger charge is -2.30. The first-order chi connectivity index (χ1) is 18.4. The first kappa shape index (κ1) is 26.4. The maximum Gasteiger partial charge on any atom is 0.254 e. The van der Waals surface area contributed by atoms with Gasteiger partial charge in [0.15, 0.2) is 0 Å². The molecule has 3 aliphatic rings. The van der Waals surface area contributed by atoms with Gasteiger partial charge < -0.3 is 20.9 Å². The molecule has 1 aliphatic heterocycles. The van der Waals surface area contributed by atoms with Gasteiger partial charge in [0.05, 0.1) is 6.04 Å². The molecule has 3 fully saturated rings. The Hall–Kier alpha value is -3.19. The monoisotopic (exact) mass is 516 g/mol. The van der Waals surface area contributed by atoms with Gasteiger partial charge >= 0.3 is 0 Å². The Bertz CT molecular complexity index is 1120. The van der Waals surface area contributed by atoms with Gasteiger partial charge in [0, 0.05) is 36.7 Å². The maximum absolute atomic E-state index is 13.7. The molecular weight excluding hydrogens is 476 g/mol. The van der Waals surface area contributed by atoms with Gasteiger partial charge in [-0.2, -0.15) is 0 Å². The SMILES string of the molecule is Cc1ccc(C(=O)N2CC(N(CCc3ccccc3)C(=O)C3CC3)CC2C(=O)NC2CCC(N)CC2)cc1. The Labute approximate surface area is 225 Å². The number of aryl methyl sites for hydroxylation is 1. The van der Waals surface area contributed by atoms with Crippen molar-refractivity contribution < 1.29 is 14.4 Å². The van der Waals surface area contributed by atoms with Gasteiger partial charge in [-0.15, -0.1) is 0 Å². The highest BCUT2D eigenvalue weighted by Crippen LogP contribution is 2.34. The minimum Gasteiger partial charge on any atom is -0.352 e. The molecule has 3 amide bonds. The predicted molar refractivity (Wildman–Crippen MR) is 147 cm³/mol. The van der Waals surface area contributed by atoms with Gasteiger partial charge in [-0.1, -0.05) is 48.0 Å². The van der Waals surface area contributed by atoms with Gasteiger partial charge in [-0.3, -0.25) is 14.4 Å². The molecule has 2 atom stereocenters. The molecule has 0 radical (unpaired) electrons. The van der Waals surface area contributed by atoms with Crippen LogP contribution >= 0.6 is 0 Å². The number of likely N-dealkylation sites (tertiary alicyclic amines) is 1. The number of amides is 3. The summed E-state index contributed by atoms with van der Waals surface area (Å²) in [6.07, 6.45) is 6.57. The number of nitrogens with two attached hydrogens (primary N) is 1. The molecule has 7 heteroatoms. The fraction of sp³-hybridized carbons (Fsp3) is 0.516. The summed E-state index contributed by atoms with van der Waals surface area (Å²) < 4.78 is 0. The van der Waals surface area contributed by atoms with Gasteiger partial charge in [-0.25, -0.2) is 0 Å². The maximum atomic E-state index is 13.7. The third-order valence-electron chi connectivity index (χ3n) is 8.39. The number of nitrogens with zero attached hydrogens (tertiary/aromatic N) is 2. The molecule has 202 valence electrons. The number of rotatable bonds is 8. The summed E-state index contributed by atoms with van der Waals surface area (Å²) in [6, 6.07) is 17.2. The fourth-order valence-electron chi connectivity index (χ4n) is 5.87. The summed E-state index contributed by atoms with van der Waals surface area (Å²) in [5, 5.41) is 3.22. The molecule has 1 saturated heterocycles. The van der Waals surface area contributed by atoms with Gasteiger partial charge in [-0.05, 0) is 76.0 Å². The van der Waals surface area contributed by atoms with E-state index in [1.54, 1.807) is 4.90 Å². The van der Waals surface area contributed by atoms with Crippen LogP contribution in [-0.2, 0) is 16.0 Å². The third-order valence-corrected chi connectivity index (χ3v) is 8.39. The van der Waals surface area contributed by atoms with E-state index in [0.29, 0.717) is 25.1 Å². The zero-order chi connectivity index (χ0) is 26.6. The average Bonchev–Trinajstić information content (AvgIpc) is 3.69. The lowest BCUT2D eigenvalue weighted by molar-refractivity contribution is -0.135. The van der Waals surface area contributed by atoms with Crippen LogP contribution in [0.4, 0.5) is 0 Å². The number of hydrogen-bond acceptors (Lipinski definition) is 4. The first-order valence-electron chi connectivity index (χ1n) is 14.2.